The van der Waals surface area contributed by atoms with Gasteiger partial charge >= 0.3 is 11.8 Å². The van der Waals surface area contributed by atoms with Gasteiger partial charge in [-0.05, 0) is 43.9 Å². The second kappa shape index (κ2) is 7.31. The fourth-order valence-corrected chi connectivity index (χ4v) is 3.81. The minimum Gasteiger partial charge on any atom is -0.408 e. The molecule has 0 saturated carbocycles. The highest BCUT2D eigenvalue weighted by molar-refractivity contribution is 5.74. The standard InChI is InChI=1S/C18H25N3O4/c1-3-24-10-8-14-13(5-4-9-21(14)17(19)22)12-6-7-15-16(11-12)25-18(23)20(15)2/h6-7,11,13-14H,3-5,8-10H2,1-2H3,(H2,19,22). The Kier molecular flexibility index (Phi) is 5.13. The molecule has 1 fully saturated rings. The van der Waals surface area contributed by atoms with Crippen molar-refractivity contribution in [2.24, 2.45) is 12.8 Å². The van der Waals surface area contributed by atoms with Gasteiger partial charge in [0.05, 0.1) is 5.52 Å². The normalized spacial score (nSPS) is 21.0. The predicted octanol–water partition coefficient (Wildman–Crippen LogP) is 2.18. The summed E-state index contributed by atoms with van der Waals surface area (Å²) in [6.45, 7) is 3.86. The van der Waals surface area contributed by atoms with Gasteiger partial charge in [0.2, 0.25) is 0 Å². The molecule has 1 aromatic heterocycles. The van der Waals surface area contributed by atoms with Crippen molar-refractivity contribution in [2.75, 3.05) is 19.8 Å². The summed E-state index contributed by atoms with van der Waals surface area (Å²) in [6.07, 6.45) is 2.59. The van der Waals surface area contributed by atoms with Gasteiger partial charge in [-0.2, -0.15) is 0 Å². The SMILES string of the molecule is CCOCCC1C(c2ccc3c(c2)oc(=O)n3C)CCCN1C(N)=O. The maximum absolute atomic E-state index is 11.9. The molecule has 25 heavy (non-hydrogen) atoms. The third-order valence-electron chi connectivity index (χ3n) is 5.07. The highest BCUT2D eigenvalue weighted by Gasteiger charge is 2.34. The molecule has 1 aromatic carbocycles. The van der Waals surface area contributed by atoms with Crippen LogP contribution in [0.1, 0.15) is 37.7 Å². The van der Waals surface area contributed by atoms with Crippen LogP contribution in [-0.4, -0.2) is 41.3 Å². The number of piperidine rings is 1. The lowest BCUT2D eigenvalue weighted by Crippen LogP contribution is -2.50. The summed E-state index contributed by atoms with van der Waals surface area (Å²) >= 11 is 0. The Morgan fingerprint density at radius 2 is 2.24 bits per heavy atom. The largest absolute Gasteiger partial charge is 0.419 e. The Bertz CT molecular complexity index is 810. The number of aromatic nitrogens is 1. The van der Waals surface area contributed by atoms with E-state index in [0.717, 1.165) is 30.3 Å². The third kappa shape index (κ3) is 3.42. The fourth-order valence-electron chi connectivity index (χ4n) is 3.81. The van der Waals surface area contributed by atoms with E-state index < -0.39 is 6.03 Å². The van der Waals surface area contributed by atoms with Crippen LogP contribution in [0.25, 0.3) is 11.1 Å². The number of hydrogen-bond acceptors (Lipinski definition) is 4. The lowest BCUT2D eigenvalue weighted by Gasteiger charge is -2.40. The van der Waals surface area contributed by atoms with Crippen molar-refractivity contribution in [1.82, 2.24) is 9.47 Å². The number of likely N-dealkylation sites (tertiary alicyclic amines) is 1. The van der Waals surface area contributed by atoms with E-state index in [-0.39, 0.29) is 17.7 Å². The maximum atomic E-state index is 11.9. The minimum atomic E-state index is -0.390. The van der Waals surface area contributed by atoms with E-state index >= 15 is 0 Å². The zero-order valence-corrected chi connectivity index (χ0v) is 14.7. The first-order valence-electron chi connectivity index (χ1n) is 8.76. The molecule has 2 N–H and O–H groups in total. The molecular formula is C18H25N3O4. The van der Waals surface area contributed by atoms with Crippen LogP contribution >= 0.6 is 0 Å². The van der Waals surface area contributed by atoms with E-state index in [9.17, 15) is 9.59 Å². The third-order valence-corrected chi connectivity index (χ3v) is 5.07. The zero-order valence-electron chi connectivity index (χ0n) is 14.7. The number of rotatable bonds is 5. The molecular weight excluding hydrogens is 322 g/mol. The molecule has 2 heterocycles. The van der Waals surface area contributed by atoms with Gasteiger partial charge in [0.25, 0.3) is 0 Å². The van der Waals surface area contributed by atoms with E-state index in [2.05, 4.69) is 0 Å². The summed E-state index contributed by atoms with van der Waals surface area (Å²) in [6, 6.07) is 5.43. The fraction of sp³-hybridized carbons (Fsp3) is 0.556. The van der Waals surface area contributed by atoms with E-state index in [1.54, 1.807) is 11.9 Å². The highest BCUT2D eigenvalue weighted by Crippen LogP contribution is 2.35. The number of primary amides is 1. The molecule has 7 heteroatoms. The molecule has 3 rings (SSSR count). The van der Waals surface area contributed by atoms with Gasteiger partial charge in [-0.25, -0.2) is 9.59 Å². The van der Waals surface area contributed by atoms with Crippen LogP contribution < -0.4 is 11.5 Å². The van der Waals surface area contributed by atoms with Crippen molar-refractivity contribution in [3.63, 3.8) is 0 Å². The number of oxazole rings is 1. The van der Waals surface area contributed by atoms with E-state index in [4.69, 9.17) is 14.9 Å². The molecule has 136 valence electrons. The smallest absolute Gasteiger partial charge is 0.408 e. The van der Waals surface area contributed by atoms with Gasteiger partial charge in [0.1, 0.15) is 0 Å². The van der Waals surface area contributed by atoms with Gasteiger partial charge in [-0.3, -0.25) is 4.57 Å². The molecule has 2 aromatic rings. The Balaban J connectivity index is 1.93. The lowest BCUT2D eigenvalue weighted by atomic mass is 9.82. The molecule has 1 saturated heterocycles. The van der Waals surface area contributed by atoms with Gasteiger partial charge in [-0.1, -0.05) is 6.07 Å². The van der Waals surface area contributed by atoms with Crippen LogP contribution in [-0.2, 0) is 11.8 Å². The van der Waals surface area contributed by atoms with Gasteiger partial charge in [-0.15, -0.1) is 0 Å². The average Bonchev–Trinajstić information content (AvgIpc) is 2.88. The van der Waals surface area contributed by atoms with Crippen molar-refractivity contribution < 1.29 is 13.9 Å². The van der Waals surface area contributed by atoms with Crippen molar-refractivity contribution >= 4 is 17.1 Å². The van der Waals surface area contributed by atoms with Crippen LogP contribution in [0.4, 0.5) is 4.79 Å². The molecule has 2 amide bonds. The monoisotopic (exact) mass is 347 g/mol. The van der Waals surface area contributed by atoms with Crippen LogP contribution in [0.5, 0.6) is 0 Å². The first kappa shape index (κ1) is 17.5. The van der Waals surface area contributed by atoms with Gasteiger partial charge in [0, 0.05) is 38.8 Å². The zero-order chi connectivity index (χ0) is 18.0. The van der Waals surface area contributed by atoms with Crippen molar-refractivity contribution in [3.8, 4) is 0 Å². The molecule has 2 unspecified atom stereocenters. The molecule has 0 radical (unpaired) electrons. The van der Waals surface area contributed by atoms with Gasteiger partial charge in [0.15, 0.2) is 5.58 Å². The number of fused-ring (bicyclic) bond motifs is 1. The summed E-state index contributed by atoms with van der Waals surface area (Å²) in [5.74, 6) is -0.223. The highest BCUT2D eigenvalue weighted by atomic mass is 16.5. The van der Waals surface area contributed by atoms with Crippen molar-refractivity contribution in [2.45, 2.75) is 38.1 Å². The number of hydrogen-bond donors (Lipinski definition) is 1. The topological polar surface area (TPSA) is 90.7 Å². The number of ether oxygens (including phenoxy) is 1. The number of benzene rings is 1. The predicted molar refractivity (Wildman–Crippen MR) is 94.6 cm³/mol. The van der Waals surface area contributed by atoms with Crippen LogP contribution in [0, 0.1) is 0 Å². The summed E-state index contributed by atoms with van der Waals surface area (Å²) in [5, 5.41) is 0. The summed E-state index contributed by atoms with van der Waals surface area (Å²) in [5.41, 5.74) is 8.00. The summed E-state index contributed by atoms with van der Waals surface area (Å²) < 4.78 is 12.3. The molecule has 0 bridgehead atoms. The number of amides is 2. The molecule has 0 spiro atoms. The van der Waals surface area contributed by atoms with Crippen LogP contribution in [0.15, 0.2) is 27.4 Å². The molecule has 1 aliphatic heterocycles. The first-order valence-corrected chi connectivity index (χ1v) is 8.76. The number of carbonyl (C=O) groups excluding carboxylic acids is 1. The Hall–Kier alpha value is -2.28. The molecule has 7 nitrogen and oxygen atoms in total. The number of nitrogens with zero attached hydrogens (tertiary/aromatic N) is 2. The van der Waals surface area contributed by atoms with Crippen LogP contribution in [0.2, 0.25) is 0 Å². The van der Waals surface area contributed by atoms with Crippen molar-refractivity contribution in [1.29, 1.82) is 0 Å². The Morgan fingerprint density at radius 3 is 2.96 bits per heavy atom. The maximum Gasteiger partial charge on any atom is 0.419 e. The van der Waals surface area contributed by atoms with Gasteiger partial charge < -0.3 is 19.8 Å². The van der Waals surface area contributed by atoms with E-state index in [1.807, 2.05) is 25.1 Å². The first-order chi connectivity index (χ1) is 12.0. The second-order valence-corrected chi connectivity index (χ2v) is 6.49. The number of nitrogens with two attached hydrogens (primary N) is 1. The van der Waals surface area contributed by atoms with E-state index in [0.29, 0.717) is 25.3 Å². The summed E-state index contributed by atoms with van der Waals surface area (Å²) in [7, 11) is 1.69. The molecule has 1 aliphatic rings. The van der Waals surface area contributed by atoms with Crippen LogP contribution in [0.3, 0.4) is 0 Å². The quantitative estimate of drug-likeness (QED) is 0.839. The number of carbonyl (C=O) groups is 1. The lowest BCUT2D eigenvalue weighted by molar-refractivity contribution is 0.0914. The number of aryl methyl sites for hydroxylation is 1. The number of urea groups is 1. The average molecular weight is 347 g/mol. The molecule has 0 aliphatic carbocycles. The van der Waals surface area contributed by atoms with Crippen molar-refractivity contribution in [3.05, 3.63) is 34.3 Å². The summed E-state index contributed by atoms with van der Waals surface area (Å²) in [4.78, 5) is 25.3. The Morgan fingerprint density at radius 1 is 1.44 bits per heavy atom. The molecule has 2 atom stereocenters. The Labute approximate surface area is 146 Å². The van der Waals surface area contributed by atoms with E-state index in [1.165, 1.54) is 4.57 Å². The second-order valence-electron chi connectivity index (χ2n) is 6.49. The minimum absolute atomic E-state index is 0.00863.